The average Bonchev–Trinajstić information content (AvgIpc) is 2.34. The molecule has 0 spiro atoms. The molecule has 0 N–H and O–H groups in total. The fourth-order valence-electron chi connectivity index (χ4n) is 1.64. The van der Waals surface area contributed by atoms with Crippen molar-refractivity contribution in [1.82, 2.24) is 0 Å². The maximum atomic E-state index is 9.80. The van der Waals surface area contributed by atoms with Crippen LogP contribution in [0.2, 0.25) is 0 Å². The Balaban J connectivity index is 0.00000256. The van der Waals surface area contributed by atoms with E-state index in [1.807, 2.05) is 6.07 Å². The van der Waals surface area contributed by atoms with Crippen molar-refractivity contribution in [2.75, 3.05) is 6.54 Å². The third kappa shape index (κ3) is 9.01. The Kier molecular flexibility index (Phi) is 11.2. The Morgan fingerprint density at radius 3 is 2.29 bits per heavy atom. The second-order valence-corrected chi connectivity index (χ2v) is 3.85. The van der Waals surface area contributed by atoms with Gasteiger partial charge in [0.1, 0.15) is 6.54 Å². The molecule has 0 saturated heterocycles. The van der Waals surface area contributed by atoms with Crippen LogP contribution in [0.25, 0.3) is 0 Å². The standard InChI is InChI=1S/C13H19N2O.HI/c16-13-14-9-5-2-1-3-6-10-15-11-7-4-8-12-15;/h4,7-8,11-12H,1-3,5-6,9-10H2;1H/q+1;/p-1. The van der Waals surface area contributed by atoms with Gasteiger partial charge in [-0.2, -0.15) is 0 Å². The molecule has 0 aromatic carbocycles. The number of aliphatic imine (C=N–C) groups is 1. The van der Waals surface area contributed by atoms with E-state index >= 15 is 0 Å². The summed E-state index contributed by atoms with van der Waals surface area (Å²) in [5.74, 6) is 0. The number of hydrogen-bond acceptors (Lipinski definition) is 2. The number of halogens is 1. The summed E-state index contributed by atoms with van der Waals surface area (Å²) in [7, 11) is 0. The van der Waals surface area contributed by atoms with E-state index < -0.39 is 0 Å². The van der Waals surface area contributed by atoms with E-state index in [0.29, 0.717) is 6.54 Å². The van der Waals surface area contributed by atoms with Crippen LogP contribution >= 0.6 is 0 Å². The number of hydrogen-bond donors (Lipinski definition) is 0. The number of nitrogens with zero attached hydrogens (tertiary/aromatic N) is 2. The first kappa shape index (κ1) is 16.3. The fourth-order valence-corrected chi connectivity index (χ4v) is 1.64. The SMILES string of the molecule is O=C=NCCCCCCC[n+]1ccccc1.[I-]. The molecule has 0 aliphatic carbocycles. The van der Waals surface area contributed by atoms with E-state index in [1.165, 1.54) is 19.3 Å². The summed E-state index contributed by atoms with van der Waals surface area (Å²) in [6.07, 6.45) is 11.6. The van der Waals surface area contributed by atoms with Crippen LogP contribution in [-0.4, -0.2) is 12.6 Å². The Morgan fingerprint density at radius 2 is 1.59 bits per heavy atom. The Labute approximate surface area is 120 Å². The first-order valence-electron chi connectivity index (χ1n) is 5.91. The van der Waals surface area contributed by atoms with E-state index in [1.54, 1.807) is 6.08 Å². The average molecular weight is 346 g/mol. The quantitative estimate of drug-likeness (QED) is 0.201. The van der Waals surface area contributed by atoms with Crippen molar-refractivity contribution >= 4 is 6.08 Å². The van der Waals surface area contributed by atoms with E-state index in [-0.39, 0.29) is 24.0 Å². The van der Waals surface area contributed by atoms with Gasteiger partial charge in [0.25, 0.3) is 0 Å². The minimum Gasteiger partial charge on any atom is -1.00 e. The third-order valence-corrected chi connectivity index (χ3v) is 2.53. The highest BCUT2D eigenvalue weighted by molar-refractivity contribution is 5.32. The van der Waals surface area contributed by atoms with Crippen molar-refractivity contribution in [3.8, 4) is 0 Å². The summed E-state index contributed by atoms with van der Waals surface area (Å²) in [6.45, 7) is 1.73. The number of isocyanates is 1. The van der Waals surface area contributed by atoms with Gasteiger partial charge >= 0.3 is 0 Å². The van der Waals surface area contributed by atoms with Crippen LogP contribution in [0, 0.1) is 0 Å². The molecule has 0 amide bonds. The summed E-state index contributed by atoms with van der Waals surface area (Å²) in [5.41, 5.74) is 0. The van der Waals surface area contributed by atoms with E-state index in [0.717, 1.165) is 19.4 Å². The van der Waals surface area contributed by atoms with Crippen molar-refractivity contribution in [2.24, 2.45) is 4.99 Å². The number of aryl methyl sites for hydroxylation is 1. The smallest absolute Gasteiger partial charge is 0.234 e. The molecule has 1 aromatic rings. The van der Waals surface area contributed by atoms with Crippen molar-refractivity contribution in [3.63, 3.8) is 0 Å². The van der Waals surface area contributed by atoms with Crippen molar-refractivity contribution in [1.29, 1.82) is 0 Å². The number of pyridine rings is 1. The zero-order valence-corrected chi connectivity index (χ0v) is 12.2. The molecular weight excluding hydrogens is 327 g/mol. The van der Waals surface area contributed by atoms with Gasteiger partial charge in [-0.15, -0.1) is 0 Å². The Morgan fingerprint density at radius 1 is 0.941 bits per heavy atom. The maximum Gasteiger partial charge on any atom is 0.234 e. The van der Waals surface area contributed by atoms with Gasteiger partial charge in [0, 0.05) is 18.6 Å². The first-order valence-corrected chi connectivity index (χ1v) is 5.91. The second-order valence-electron chi connectivity index (χ2n) is 3.85. The lowest BCUT2D eigenvalue weighted by atomic mass is 10.1. The van der Waals surface area contributed by atoms with Crippen LogP contribution < -0.4 is 28.5 Å². The van der Waals surface area contributed by atoms with Gasteiger partial charge in [0.05, 0.1) is 6.54 Å². The van der Waals surface area contributed by atoms with Crippen molar-refractivity contribution in [2.45, 2.75) is 38.6 Å². The van der Waals surface area contributed by atoms with Gasteiger partial charge in [-0.25, -0.2) is 14.4 Å². The van der Waals surface area contributed by atoms with Crippen LogP contribution in [0.5, 0.6) is 0 Å². The molecule has 1 aromatic heterocycles. The summed E-state index contributed by atoms with van der Waals surface area (Å²) in [6, 6.07) is 6.14. The molecule has 94 valence electrons. The molecule has 0 bridgehead atoms. The molecule has 1 heterocycles. The highest BCUT2D eigenvalue weighted by Gasteiger charge is 1.97. The summed E-state index contributed by atoms with van der Waals surface area (Å²) in [5, 5.41) is 0. The van der Waals surface area contributed by atoms with Gasteiger partial charge in [-0.05, 0) is 12.8 Å². The number of rotatable bonds is 8. The van der Waals surface area contributed by atoms with Gasteiger partial charge < -0.3 is 24.0 Å². The topological polar surface area (TPSA) is 33.3 Å². The third-order valence-electron chi connectivity index (χ3n) is 2.53. The summed E-state index contributed by atoms with van der Waals surface area (Å²) in [4.78, 5) is 13.3. The van der Waals surface area contributed by atoms with Crippen LogP contribution in [0.4, 0.5) is 0 Å². The summed E-state index contributed by atoms with van der Waals surface area (Å²) < 4.78 is 2.21. The van der Waals surface area contributed by atoms with E-state index in [4.69, 9.17) is 0 Å². The molecule has 0 radical (unpaired) electrons. The van der Waals surface area contributed by atoms with Crippen LogP contribution in [0.3, 0.4) is 0 Å². The monoisotopic (exact) mass is 346 g/mol. The highest BCUT2D eigenvalue weighted by Crippen LogP contribution is 2.02. The number of carbonyl (C=O) groups excluding carboxylic acids is 1. The number of unbranched alkanes of at least 4 members (excludes halogenated alkanes) is 4. The lowest BCUT2D eigenvalue weighted by Gasteiger charge is -1.98. The van der Waals surface area contributed by atoms with Crippen LogP contribution in [-0.2, 0) is 11.3 Å². The van der Waals surface area contributed by atoms with Crippen molar-refractivity contribution < 1.29 is 33.3 Å². The number of aromatic nitrogens is 1. The normalized spacial score (nSPS) is 9.18. The largest absolute Gasteiger partial charge is 1.00 e. The van der Waals surface area contributed by atoms with E-state index in [9.17, 15) is 4.79 Å². The molecule has 0 atom stereocenters. The van der Waals surface area contributed by atoms with Crippen LogP contribution in [0.1, 0.15) is 32.1 Å². The molecular formula is C13H19IN2O. The molecule has 4 heteroatoms. The molecule has 0 unspecified atom stereocenters. The second kappa shape index (κ2) is 11.7. The molecule has 0 aliphatic heterocycles. The Hall–Kier alpha value is -0.740. The molecule has 0 saturated carbocycles. The van der Waals surface area contributed by atoms with Gasteiger partial charge in [0.15, 0.2) is 12.4 Å². The molecule has 17 heavy (non-hydrogen) atoms. The zero-order chi connectivity index (χ0) is 11.5. The molecule has 0 fully saturated rings. The first-order chi connectivity index (χ1) is 7.93. The molecule has 0 aliphatic rings. The van der Waals surface area contributed by atoms with E-state index in [2.05, 4.69) is 34.1 Å². The van der Waals surface area contributed by atoms with Crippen LogP contribution in [0.15, 0.2) is 35.6 Å². The fraction of sp³-hybridized carbons (Fsp3) is 0.538. The Bertz CT molecular complexity index is 323. The van der Waals surface area contributed by atoms with Crippen molar-refractivity contribution in [3.05, 3.63) is 30.6 Å². The minimum atomic E-state index is 0. The maximum absolute atomic E-state index is 9.80. The lowest BCUT2D eigenvalue weighted by molar-refractivity contribution is -0.697. The van der Waals surface area contributed by atoms with Gasteiger partial charge in [-0.3, -0.25) is 0 Å². The highest BCUT2D eigenvalue weighted by atomic mass is 127. The predicted octanol–water partition coefficient (Wildman–Crippen LogP) is -0.736. The molecule has 3 nitrogen and oxygen atoms in total. The predicted molar refractivity (Wildman–Crippen MR) is 62.7 cm³/mol. The zero-order valence-electron chi connectivity index (χ0n) is 10.0. The van der Waals surface area contributed by atoms with Gasteiger partial charge in [0.2, 0.25) is 6.08 Å². The lowest BCUT2D eigenvalue weighted by Crippen LogP contribution is -3.00. The minimum absolute atomic E-state index is 0. The molecule has 1 rings (SSSR count). The summed E-state index contributed by atoms with van der Waals surface area (Å²) >= 11 is 0. The van der Waals surface area contributed by atoms with Gasteiger partial charge in [-0.1, -0.05) is 18.9 Å².